The van der Waals surface area contributed by atoms with E-state index in [2.05, 4.69) is 17.6 Å². The highest BCUT2D eigenvalue weighted by atomic mass is 32.2. The maximum absolute atomic E-state index is 11.8. The first-order chi connectivity index (χ1) is 10.1. The molecule has 0 aliphatic heterocycles. The predicted octanol–water partition coefficient (Wildman–Crippen LogP) is 2.97. The van der Waals surface area contributed by atoms with Crippen LogP contribution in [0.3, 0.4) is 0 Å². The number of carboxylic acid groups (broad SMARTS) is 1. The number of urea groups is 1. The molecule has 2 amide bonds. The highest BCUT2D eigenvalue weighted by Gasteiger charge is 2.19. The lowest BCUT2D eigenvalue weighted by molar-refractivity contribution is -0.139. The molecule has 0 aliphatic carbocycles. The zero-order chi connectivity index (χ0) is 15.7. The van der Waals surface area contributed by atoms with Crippen LogP contribution in [0.1, 0.15) is 25.3 Å². The Morgan fingerprint density at radius 3 is 2.48 bits per heavy atom. The minimum atomic E-state index is -1.02. The van der Waals surface area contributed by atoms with Crippen LogP contribution < -0.4 is 10.6 Å². The largest absolute Gasteiger partial charge is 0.480 e. The summed E-state index contributed by atoms with van der Waals surface area (Å²) in [5.74, 6) is -0.333. The van der Waals surface area contributed by atoms with E-state index in [0.717, 1.165) is 12.8 Å². The minimum absolute atomic E-state index is 0.402. The van der Waals surface area contributed by atoms with Gasteiger partial charge >= 0.3 is 12.0 Å². The van der Waals surface area contributed by atoms with E-state index in [4.69, 9.17) is 5.11 Å². The lowest BCUT2D eigenvalue weighted by Crippen LogP contribution is -2.43. The quantitative estimate of drug-likeness (QED) is 0.690. The Balaban J connectivity index is 2.52. The number of hydrogen-bond donors (Lipinski definition) is 3. The average molecular weight is 310 g/mol. The number of carbonyl (C=O) groups is 2. The molecule has 0 spiro atoms. The zero-order valence-electron chi connectivity index (χ0n) is 12.4. The third kappa shape index (κ3) is 6.53. The number of aryl methyl sites for hydroxylation is 1. The number of carbonyl (C=O) groups excluding carboxylic acids is 1. The molecular formula is C15H22N2O3S. The SMILES string of the molecule is CCCc1ccc(NC(=O)N[C@H](CCSC)C(=O)O)cc1. The minimum Gasteiger partial charge on any atom is -0.480 e. The van der Waals surface area contributed by atoms with E-state index in [1.54, 1.807) is 11.8 Å². The number of aliphatic carboxylic acids is 1. The molecule has 21 heavy (non-hydrogen) atoms. The molecule has 0 heterocycles. The number of thioether (sulfide) groups is 1. The molecule has 0 saturated carbocycles. The van der Waals surface area contributed by atoms with Crippen LogP contribution in [-0.4, -0.2) is 35.2 Å². The van der Waals surface area contributed by atoms with Crippen molar-refractivity contribution in [2.24, 2.45) is 0 Å². The van der Waals surface area contributed by atoms with Gasteiger partial charge < -0.3 is 15.7 Å². The van der Waals surface area contributed by atoms with E-state index in [0.29, 0.717) is 17.9 Å². The van der Waals surface area contributed by atoms with Gasteiger partial charge in [-0.1, -0.05) is 25.5 Å². The summed E-state index contributed by atoms with van der Waals surface area (Å²) in [6.07, 6.45) is 4.38. The fraction of sp³-hybridized carbons (Fsp3) is 0.467. The monoisotopic (exact) mass is 310 g/mol. The molecule has 0 saturated heterocycles. The Kier molecular flexibility index (Phi) is 7.68. The predicted molar refractivity (Wildman–Crippen MR) is 87.0 cm³/mol. The van der Waals surface area contributed by atoms with E-state index in [9.17, 15) is 9.59 Å². The summed E-state index contributed by atoms with van der Waals surface area (Å²) in [6, 6.07) is 6.21. The number of carboxylic acids is 1. The van der Waals surface area contributed by atoms with Gasteiger partial charge in [0.15, 0.2) is 0 Å². The van der Waals surface area contributed by atoms with Crippen LogP contribution in [0.4, 0.5) is 10.5 Å². The Morgan fingerprint density at radius 2 is 1.95 bits per heavy atom. The molecule has 1 aromatic rings. The van der Waals surface area contributed by atoms with Gasteiger partial charge in [-0.05, 0) is 42.5 Å². The molecule has 0 aliphatic rings. The van der Waals surface area contributed by atoms with Crippen molar-refractivity contribution in [3.63, 3.8) is 0 Å². The Bertz CT molecular complexity index is 462. The summed E-state index contributed by atoms with van der Waals surface area (Å²) >= 11 is 1.55. The van der Waals surface area contributed by atoms with Gasteiger partial charge in [0.2, 0.25) is 0 Å². The zero-order valence-corrected chi connectivity index (χ0v) is 13.2. The highest BCUT2D eigenvalue weighted by molar-refractivity contribution is 7.98. The van der Waals surface area contributed by atoms with Crippen LogP contribution in [0.2, 0.25) is 0 Å². The molecule has 1 atom stereocenters. The molecule has 116 valence electrons. The van der Waals surface area contributed by atoms with Crippen LogP contribution in [0.25, 0.3) is 0 Å². The second-order valence-electron chi connectivity index (χ2n) is 4.72. The Labute approximate surface area is 129 Å². The molecule has 0 fully saturated rings. The number of hydrogen-bond acceptors (Lipinski definition) is 3. The van der Waals surface area contributed by atoms with Crippen molar-refractivity contribution < 1.29 is 14.7 Å². The van der Waals surface area contributed by atoms with Gasteiger partial charge in [-0.15, -0.1) is 0 Å². The van der Waals surface area contributed by atoms with Crippen molar-refractivity contribution in [1.29, 1.82) is 0 Å². The van der Waals surface area contributed by atoms with E-state index in [-0.39, 0.29) is 0 Å². The Morgan fingerprint density at radius 1 is 1.29 bits per heavy atom. The molecule has 0 unspecified atom stereocenters. The van der Waals surface area contributed by atoms with Crippen molar-refractivity contribution in [1.82, 2.24) is 5.32 Å². The first kappa shape index (κ1) is 17.4. The van der Waals surface area contributed by atoms with Gasteiger partial charge in [-0.2, -0.15) is 11.8 Å². The normalized spacial score (nSPS) is 11.7. The molecular weight excluding hydrogens is 288 g/mol. The molecule has 0 bridgehead atoms. The van der Waals surface area contributed by atoms with Gasteiger partial charge in [0.05, 0.1) is 0 Å². The van der Waals surface area contributed by atoms with Crippen molar-refractivity contribution in [2.45, 2.75) is 32.2 Å². The first-order valence-corrected chi connectivity index (χ1v) is 8.34. The van der Waals surface area contributed by atoms with Gasteiger partial charge in [-0.25, -0.2) is 9.59 Å². The molecule has 1 aromatic carbocycles. The van der Waals surface area contributed by atoms with Crippen molar-refractivity contribution in [3.8, 4) is 0 Å². The average Bonchev–Trinajstić information content (AvgIpc) is 2.45. The van der Waals surface area contributed by atoms with Crippen LogP contribution in [0, 0.1) is 0 Å². The second-order valence-corrected chi connectivity index (χ2v) is 5.70. The van der Waals surface area contributed by atoms with Gasteiger partial charge in [0.1, 0.15) is 6.04 Å². The van der Waals surface area contributed by atoms with Crippen LogP contribution in [-0.2, 0) is 11.2 Å². The topological polar surface area (TPSA) is 78.4 Å². The van der Waals surface area contributed by atoms with Crippen molar-refractivity contribution >= 4 is 29.4 Å². The first-order valence-electron chi connectivity index (χ1n) is 6.95. The Hall–Kier alpha value is -1.69. The number of benzene rings is 1. The number of nitrogens with one attached hydrogen (secondary N) is 2. The lowest BCUT2D eigenvalue weighted by Gasteiger charge is -2.14. The van der Waals surface area contributed by atoms with Crippen LogP contribution >= 0.6 is 11.8 Å². The number of amides is 2. The highest BCUT2D eigenvalue weighted by Crippen LogP contribution is 2.11. The summed E-state index contributed by atoms with van der Waals surface area (Å²) in [6.45, 7) is 2.11. The summed E-state index contributed by atoms with van der Waals surface area (Å²) in [7, 11) is 0. The van der Waals surface area contributed by atoms with E-state index >= 15 is 0 Å². The van der Waals surface area contributed by atoms with Crippen LogP contribution in [0.15, 0.2) is 24.3 Å². The second kappa shape index (κ2) is 9.28. The standard InChI is InChI=1S/C15H22N2O3S/c1-3-4-11-5-7-12(8-6-11)16-15(20)17-13(14(18)19)9-10-21-2/h5-8,13H,3-4,9-10H2,1-2H3,(H,18,19)(H2,16,17,20)/t13-/m1/s1. The molecule has 0 aromatic heterocycles. The van der Waals surface area contributed by atoms with Crippen LogP contribution in [0.5, 0.6) is 0 Å². The summed E-state index contributed by atoms with van der Waals surface area (Å²) in [4.78, 5) is 22.9. The lowest BCUT2D eigenvalue weighted by atomic mass is 10.1. The van der Waals surface area contributed by atoms with Gasteiger partial charge in [0.25, 0.3) is 0 Å². The fourth-order valence-corrected chi connectivity index (χ4v) is 2.33. The maximum Gasteiger partial charge on any atom is 0.326 e. The molecule has 0 radical (unpaired) electrons. The van der Waals surface area contributed by atoms with E-state index < -0.39 is 18.0 Å². The number of rotatable bonds is 8. The smallest absolute Gasteiger partial charge is 0.326 e. The van der Waals surface area contributed by atoms with Gasteiger partial charge in [0, 0.05) is 5.69 Å². The summed E-state index contributed by atoms with van der Waals surface area (Å²) < 4.78 is 0. The number of anilines is 1. The summed E-state index contributed by atoms with van der Waals surface area (Å²) in [5.41, 5.74) is 1.87. The third-order valence-electron chi connectivity index (χ3n) is 2.96. The molecule has 6 heteroatoms. The van der Waals surface area contributed by atoms with Crippen molar-refractivity contribution in [3.05, 3.63) is 29.8 Å². The van der Waals surface area contributed by atoms with E-state index in [1.807, 2.05) is 30.5 Å². The summed E-state index contributed by atoms with van der Waals surface area (Å²) in [5, 5.41) is 14.2. The maximum atomic E-state index is 11.8. The molecule has 5 nitrogen and oxygen atoms in total. The fourth-order valence-electron chi connectivity index (χ4n) is 1.86. The van der Waals surface area contributed by atoms with Gasteiger partial charge in [-0.3, -0.25) is 0 Å². The molecule has 3 N–H and O–H groups in total. The van der Waals surface area contributed by atoms with E-state index in [1.165, 1.54) is 5.56 Å². The third-order valence-corrected chi connectivity index (χ3v) is 3.61. The van der Waals surface area contributed by atoms with Crippen molar-refractivity contribution in [2.75, 3.05) is 17.3 Å². The molecule has 1 rings (SSSR count).